The second kappa shape index (κ2) is 7.04. The predicted molar refractivity (Wildman–Crippen MR) is 92.6 cm³/mol. The van der Waals surface area contributed by atoms with Crippen LogP contribution in [0.3, 0.4) is 0 Å². The number of rotatable bonds is 5. The molecule has 7 nitrogen and oxygen atoms in total. The number of nitrogens with one attached hydrogen (secondary N) is 2. The van der Waals surface area contributed by atoms with E-state index in [9.17, 15) is 9.59 Å². The van der Waals surface area contributed by atoms with Crippen molar-refractivity contribution in [3.8, 4) is 5.75 Å². The maximum atomic E-state index is 12.3. The van der Waals surface area contributed by atoms with E-state index in [2.05, 4.69) is 15.5 Å². The van der Waals surface area contributed by atoms with Gasteiger partial charge in [0.25, 0.3) is 5.91 Å². The minimum atomic E-state index is -0.978. The second-order valence-corrected chi connectivity index (χ2v) is 5.39. The molecule has 1 aromatic heterocycles. The first-order valence-corrected chi connectivity index (χ1v) is 7.67. The number of ether oxygens (including phenoxy) is 2. The molecule has 0 saturated heterocycles. The van der Waals surface area contributed by atoms with Crippen LogP contribution in [0, 0.1) is 0 Å². The van der Waals surface area contributed by atoms with Crippen LogP contribution in [0.5, 0.6) is 5.75 Å². The van der Waals surface area contributed by atoms with E-state index in [1.165, 1.54) is 6.92 Å². The van der Waals surface area contributed by atoms with E-state index in [1.54, 1.807) is 49.6 Å². The number of aromatic nitrogens is 2. The van der Waals surface area contributed by atoms with Gasteiger partial charge in [-0.25, -0.2) is 4.79 Å². The van der Waals surface area contributed by atoms with Crippen molar-refractivity contribution in [2.24, 2.45) is 0 Å². The number of nitrogens with zero attached hydrogens (tertiary/aromatic N) is 1. The Balaban J connectivity index is 1.67. The number of benzene rings is 2. The molecule has 0 aliphatic rings. The molecule has 2 N–H and O–H groups in total. The number of H-pyrrole nitrogens is 1. The zero-order chi connectivity index (χ0) is 17.8. The summed E-state index contributed by atoms with van der Waals surface area (Å²) in [7, 11) is 1.54. The third kappa shape index (κ3) is 3.60. The number of aromatic amines is 1. The Kier molecular flexibility index (Phi) is 4.65. The van der Waals surface area contributed by atoms with Gasteiger partial charge in [0.05, 0.1) is 12.6 Å². The number of carbonyl (C=O) groups excluding carboxylic acids is 2. The van der Waals surface area contributed by atoms with Crippen LogP contribution >= 0.6 is 0 Å². The van der Waals surface area contributed by atoms with Gasteiger partial charge in [0.1, 0.15) is 5.75 Å². The van der Waals surface area contributed by atoms with Gasteiger partial charge in [-0.3, -0.25) is 9.89 Å². The summed E-state index contributed by atoms with van der Waals surface area (Å²) in [6, 6.07) is 14.1. The van der Waals surface area contributed by atoms with E-state index in [4.69, 9.17) is 9.47 Å². The molecule has 0 bridgehead atoms. The summed E-state index contributed by atoms with van der Waals surface area (Å²) in [6.45, 7) is 1.50. The number of methoxy groups -OCH3 is 1. The van der Waals surface area contributed by atoms with Crippen LogP contribution < -0.4 is 10.1 Å². The van der Waals surface area contributed by atoms with Gasteiger partial charge in [0.2, 0.25) is 0 Å². The number of carbonyl (C=O) groups is 2. The molecule has 7 heteroatoms. The van der Waals surface area contributed by atoms with Crippen molar-refractivity contribution in [3.63, 3.8) is 0 Å². The van der Waals surface area contributed by atoms with Gasteiger partial charge in [-0.2, -0.15) is 5.10 Å². The summed E-state index contributed by atoms with van der Waals surface area (Å²) in [5.74, 6) is -0.488. The van der Waals surface area contributed by atoms with Crippen molar-refractivity contribution in [2.75, 3.05) is 12.4 Å². The molecule has 3 aromatic rings. The van der Waals surface area contributed by atoms with E-state index in [0.29, 0.717) is 16.8 Å². The molecule has 0 fully saturated rings. The molecule has 1 atom stereocenters. The summed E-state index contributed by atoms with van der Waals surface area (Å²) in [4.78, 5) is 24.5. The highest BCUT2D eigenvalue weighted by Crippen LogP contribution is 2.18. The van der Waals surface area contributed by atoms with Crippen molar-refractivity contribution in [2.45, 2.75) is 13.0 Å². The van der Waals surface area contributed by atoms with E-state index in [0.717, 1.165) is 5.52 Å². The average molecular weight is 339 g/mol. The molecule has 0 spiro atoms. The van der Waals surface area contributed by atoms with Gasteiger partial charge in [0, 0.05) is 17.1 Å². The Hall–Kier alpha value is -3.35. The first-order chi connectivity index (χ1) is 12.1. The Morgan fingerprint density at radius 2 is 1.96 bits per heavy atom. The Morgan fingerprint density at radius 3 is 2.76 bits per heavy atom. The van der Waals surface area contributed by atoms with Crippen LogP contribution in [0.15, 0.2) is 48.5 Å². The van der Waals surface area contributed by atoms with Crippen molar-refractivity contribution in [3.05, 3.63) is 54.2 Å². The minimum Gasteiger partial charge on any atom is -0.497 e. The number of anilines is 1. The monoisotopic (exact) mass is 339 g/mol. The van der Waals surface area contributed by atoms with Crippen molar-refractivity contribution in [1.82, 2.24) is 10.2 Å². The molecule has 128 valence electrons. The van der Waals surface area contributed by atoms with Crippen LogP contribution in [0.1, 0.15) is 17.4 Å². The number of fused-ring (bicyclic) bond motifs is 1. The smallest absolute Gasteiger partial charge is 0.360 e. The summed E-state index contributed by atoms with van der Waals surface area (Å²) in [5, 5.41) is 10.1. The number of esters is 1. The maximum absolute atomic E-state index is 12.3. The van der Waals surface area contributed by atoms with Gasteiger partial charge >= 0.3 is 5.97 Å². The fourth-order valence-corrected chi connectivity index (χ4v) is 2.33. The lowest BCUT2D eigenvalue weighted by molar-refractivity contribution is -0.123. The molecule has 2 aromatic carbocycles. The fraction of sp³-hybridized carbons (Fsp3) is 0.167. The molecule has 1 heterocycles. The SMILES string of the molecule is COc1cccc(NC(=O)[C@@H](C)OC(=O)c2n[nH]c3ccccc23)c1. The van der Waals surface area contributed by atoms with E-state index in [1.807, 2.05) is 6.07 Å². The molecule has 0 saturated carbocycles. The molecule has 25 heavy (non-hydrogen) atoms. The van der Waals surface area contributed by atoms with Crippen molar-refractivity contribution < 1.29 is 19.1 Å². The van der Waals surface area contributed by atoms with Crippen LogP contribution in [0.4, 0.5) is 5.69 Å². The highest BCUT2D eigenvalue weighted by Gasteiger charge is 2.22. The highest BCUT2D eigenvalue weighted by molar-refractivity contribution is 6.03. The van der Waals surface area contributed by atoms with E-state index in [-0.39, 0.29) is 5.69 Å². The Morgan fingerprint density at radius 1 is 1.16 bits per heavy atom. The minimum absolute atomic E-state index is 0.150. The van der Waals surface area contributed by atoms with Crippen molar-refractivity contribution >= 4 is 28.5 Å². The highest BCUT2D eigenvalue weighted by atomic mass is 16.5. The maximum Gasteiger partial charge on any atom is 0.360 e. The second-order valence-electron chi connectivity index (χ2n) is 5.39. The lowest BCUT2D eigenvalue weighted by Crippen LogP contribution is -2.30. The van der Waals surface area contributed by atoms with Gasteiger partial charge in [-0.05, 0) is 25.1 Å². The molecular weight excluding hydrogens is 322 g/mol. The quantitative estimate of drug-likeness (QED) is 0.697. The van der Waals surface area contributed by atoms with Crippen LogP contribution in [-0.4, -0.2) is 35.3 Å². The van der Waals surface area contributed by atoms with Crippen LogP contribution in [-0.2, 0) is 9.53 Å². The first kappa shape index (κ1) is 16.5. The Bertz CT molecular complexity index is 919. The summed E-state index contributed by atoms with van der Waals surface area (Å²) < 4.78 is 10.3. The zero-order valence-corrected chi connectivity index (χ0v) is 13.8. The Labute approximate surface area is 143 Å². The standard InChI is InChI=1S/C18H17N3O4/c1-11(17(22)19-12-6-5-7-13(10-12)24-2)25-18(23)16-14-8-3-4-9-15(14)20-21-16/h3-11H,1-2H3,(H,19,22)(H,20,21)/t11-/m1/s1. The lowest BCUT2D eigenvalue weighted by atomic mass is 10.2. The number of hydrogen-bond acceptors (Lipinski definition) is 5. The first-order valence-electron chi connectivity index (χ1n) is 7.67. The zero-order valence-electron chi connectivity index (χ0n) is 13.8. The third-order valence-corrected chi connectivity index (χ3v) is 3.65. The van der Waals surface area contributed by atoms with Gasteiger partial charge < -0.3 is 14.8 Å². The van der Waals surface area contributed by atoms with Gasteiger partial charge in [-0.15, -0.1) is 0 Å². The summed E-state index contributed by atoms with van der Waals surface area (Å²) in [5.41, 5.74) is 1.43. The van der Waals surface area contributed by atoms with Gasteiger partial charge in [0.15, 0.2) is 11.8 Å². The molecule has 0 aliphatic heterocycles. The summed E-state index contributed by atoms with van der Waals surface area (Å²) >= 11 is 0. The average Bonchev–Trinajstić information content (AvgIpc) is 3.06. The molecule has 1 amide bonds. The topological polar surface area (TPSA) is 93.3 Å². The molecule has 0 radical (unpaired) electrons. The fourth-order valence-electron chi connectivity index (χ4n) is 2.33. The third-order valence-electron chi connectivity index (χ3n) is 3.65. The molecule has 3 rings (SSSR count). The molecule has 0 unspecified atom stereocenters. The molecule has 0 aliphatic carbocycles. The number of amides is 1. The predicted octanol–water partition coefficient (Wildman–Crippen LogP) is 2.76. The van der Waals surface area contributed by atoms with Crippen LogP contribution in [0.2, 0.25) is 0 Å². The number of para-hydroxylation sites is 1. The largest absolute Gasteiger partial charge is 0.497 e. The van der Waals surface area contributed by atoms with Crippen molar-refractivity contribution in [1.29, 1.82) is 0 Å². The molecular formula is C18H17N3O4. The summed E-state index contributed by atoms with van der Waals surface area (Å²) in [6.07, 6.45) is -0.978. The van der Waals surface area contributed by atoms with E-state index >= 15 is 0 Å². The van der Waals surface area contributed by atoms with Crippen LogP contribution in [0.25, 0.3) is 10.9 Å². The lowest BCUT2D eigenvalue weighted by Gasteiger charge is -2.13. The van der Waals surface area contributed by atoms with Gasteiger partial charge in [-0.1, -0.05) is 24.3 Å². The number of hydrogen-bond donors (Lipinski definition) is 2. The normalized spacial score (nSPS) is 11.8. The van der Waals surface area contributed by atoms with E-state index < -0.39 is 18.0 Å².